The third-order valence-corrected chi connectivity index (χ3v) is 23.5. The lowest BCUT2D eigenvalue weighted by molar-refractivity contribution is -0.385. The Kier molecular flexibility index (Phi) is 26.2. The highest BCUT2D eigenvalue weighted by Crippen LogP contribution is 2.52. The normalized spacial score (nSPS) is 10.9. The molecule has 20 rings (SSSR count). The van der Waals surface area contributed by atoms with Gasteiger partial charge in [-0.1, -0.05) is 262 Å². The van der Waals surface area contributed by atoms with Crippen LogP contribution in [0.15, 0.2) is 352 Å². The van der Waals surface area contributed by atoms with Gasteiger partial charge in [-0.3, -0.25) is 50.6 Å². The number of anilines is 1. The Morgan fingerprint density at radius 1 is 0.216 bits per heavy atom. The third-order valence-electron chi connectivity index (χ3n) is 23.5. The summed E-state index contributed by atoms with van der Waals surface area (Å²) in [5.74, 6) is 0.896. The molecular weight excluding hydrogens is 1760 g/mol. The first kappa shape index (κ1) is 90.9. The number of nitro groups is 5. The van der Waals surface area contributed by atoms with Gasteiger partial charge in [0.1, 0.15) is 17.2 Å². The van der Waals surface area contributed by atoms with E-state index in [9.17, 15) is 71.0 Å². The number of hydrogen-bond donors (Lipinski definition) is 5. The van der Waals surface area contributed by atoms with E-state index in [0.717, 1.165) is 115 Å². The van der Waals surface area contributed by atoms with Crippen molar-refractivity contribution in [1.82, 2.24) is 0 Å². The summed E-state index contributed by atoms with van der Waals surface area (Å²) in [5, 5.41) is 113. The first-order valence-electron chi connectivity index (χ1n) is 41.3. The van der Waals surface area contributed by atoms with Crippen molar-refractivity contribution in [3.8, 4) is 135 Å². The lowest BCUT2D eigenvalue weighted by atomic mass is 9.86. The van der Waals surface area contributed by atoms with E-state index < -0.39 is 47.5 Å². The summed E-state index contributed by atoms with van der Waals surface area (Å²) in [6.07, 6.45) is 0. The van der Waals surface area contributed by atoms with Gasteiger partial charge in [-0.15, -0.1) is 17.0 Å². The number of phenolic OH excluding ortho intramolecular Hbond substituents is 4. The van der Waals surface area contributed by atoms with E-state index in [0.29, 0.717) is 27.8 Å². The van der Waals surface area contributed by atoms with Crippen LogP contribution in [0.3, 0.4) is 0 Å². The SMILES string of the molecule is Br.C.COc1ccc(-c2c3ccccc3c(-c3ccc(OC)c([N+](=O)[O-])c3)c3ccccc23)cc1[N+](=O)[O-].COc1ccc(-c2c3ccccc3c(-c3ccc(OC)cc3)c3ccccc23)cc1.Nc1cc(-c2c3ccccc3c(-c3ccc(O)c([N+](=O)[O-])c3)c3ccccc23)ccc1O.O=[N+]([O-])c1cc(-c2c3ccccc3c(-c3ccc(O)c([N+](=O)[O-])c3)c3ccccc23)ccc1O. The van der Waals surface area contributed by atoms with Crippen molar-refractivity contribution in [2.45, 2.75) is 7.43 Å². The number of phenols is 4. The topological polar surface area (TPSA) is 360 Å². The van der Waals surface area contributed by atoms with Crippen molar-refractivity contribution in [2.24, 2.45) is 0 Å². The van der Waals surface area contributed by atoms with Crippen LogP contribution in [-0.2, 0) is 0 Å². The molecule has 0 saturated heterocycles. The maximum Gasteiger partial charge on any atom is 0.311 e. The van der Waals surface area contributed by atoms with E-state index in [1.54, 1.807) is 68.8 Å². The number of fused-ring (bicyclic) bond motifs is 8. The predicted molar refractivity (Wildman–Crippen MR) is 537 cm³/mol. The van der Waals surface area contributed by atoms with Gasteiger partial charge in [-0.25, -0.2) is 0 Å². The maximum atomic E-state index is 11.7. The fourth-order valence-electron chi connectivity index (χ4n) is 17.7. The van der Waals surface area contributed by atoms with E-state index in [1.165, 1.54) is 107 Å². The molecule has 20 aromatic carbocycles. The maximum absolute atomic E-state index is 11.7. The minimum atomic E-state index is -0.632. The Labute approximate surface area is 775 Å². The molecule has 0 heterocycles. The Balaban J connectivity index is 0.000000136. The second kappa shape index (κ2) is 38.6. The van der Waals surface area contributed by atoms with Crippen molar-refractivity contribution >= 4 is 137 Å². The van der Waals surface area contributed by atoms with Gasteiger partial charge in [0.2, 0.25) is 0 Å². The largest absolute Gasteiger partial charge is 0.506 e. The van der Waals surface area contributed by atoms with Crippen LogP contribution in [0.1, 0.15) is 7.43 Å². The van der Waals surface area contributed by atoms with E-state index in [2.05, 4.69) is 72.8 Å². The van der Waals surface area contributed by atoms with E-state index in [1.807, 2.05) is 176 Å². The Hall–Kier alpha value is -17.8. The number of aromatic hydroxyl groups is 4. The number of benzene rings is 20. The molecule has 0 aromatic heterocycles. The Bertz CT molecular complexity index is 7520. The van der Waals surface area contributed by atoms with Gasteiger partial charge in [0.25, 0.3) is 0 Å². The molecule has 0 saturated carbocycles. The lowest BCUT2D eigenvalue weighted by Gasteiger charge is -2.18. The van der Waals surface area contributed by atoms with Crippen LogP contribution < -0.4 is 24.7 Å². The molecular formula is C109H81BrN6O18. The van der Waals surface area contributed by atoms with E-state index >= 15 is 0 Å². The standard InChI is InChI=1S/C28H20N2O6.C28H22O2.C26H16N2O6.C26H18N2O4.CH4.BrH/c1-35-25-13-11-17(15-23(25)29(31)32)27-19-7-3-5-9-21(19)28(22-10-6-4-8-20(22)27)18-12-14-26(36-2)24(16-18)30(33)34;1-29-21-15-11-19(12-16-21)27-23-7-3-5-9-25(23)28(26-10-6-4-8-24(26)27)20-13-17-22(30-2)18-14-20;29-23-11-9-15(13-21(23)27(31)32)25-17-5-1-2-6-18(17)26(20-8-4-3-7-19(20)25)16-10-12-24(30)22(14-16)28(33)34;27-21-13-15(9-11-23(21)29)25-17-5-1-3-7-19(17)26(20-8-4-2-6-18(20)25)16-10-12-24(30)22(14-16)28(31)32;;/h3-16H,1-2H3;3-18H,1-2H3;1-14,29-30H;1-14,29-30H,27H2;1H4;1H. The second-order valence-corrected chi connectivity index (χ2v) is 30.8. The highest BCUT2D eigenvalue weighted by Gasteiger charge is 2.28. The summed E-state index contributed by atoms with van der Waals surface area (Å²) >= 11 is 0. The first-order valence-corrected chi connectivity index (χ1v) is 41.3. The summed E-state index contributed by atoms with van der Waals surface area (Å²) in [5.41, 5.74) is 18.6. The number of ether oxygens (including phenoxy) is 4. The Morgan fingerprint density at radius 3 is 0.560 bits per heavy atom. The smallest absolute Gasteiger partial charge is 0.311 e. The highest BCUT2D eigenvalue weighted by molar-refractivity contribution is 8.93. The molecule has 24 nitrogen and oxygen atoms in total. The van der Waals surface area contributed by atoms with Crippen molar-refractivity contribution in [3.63, 3.8) is 0 Å². The molecule has 0 radical (unpaired) electrons. The second-order valence-electron chi connectivity index (χ2n) is 30.8. The number of nitro benzene ring substituents is 5. The summed E-state index contributed by atoms with van der Waals surface area (Å²) < 4.78 is 21.1. The fourth-order valence-corrected chi connectivity index (χ4v) is 17.7. The molecule has 0 amide bonds. The predicted octanol–water partition coefficient (Wildman–Crippen LogP) is 28.5. The summed E-state index contributed by atoms with van der Waals surface area (Å²) in [4.78, 5) is 55.0. The molecule has 20 aromatic rings. The molecule has 0 unspecified atom stereocenters. The molecule has 6 N–H and O–H groups in total. The van der Waals surface area contributed by atoms with Crippen LogP contribution >= 0.6 is 17.0 Å². The van der Waals surface area contributed by atoms with Gasteiger partial charge >= 0.3 is 28.4 Å². The summed E-state index contributed by atoms with van der Waals surface area (Å²) in [7, 11) is 6.19. The van der Waals surface area contributed by atoms with Gasteiger partial charge in [-0.2, -0.15) is 0 Å². The minimum absolute atomic E-state index is 0. The minimum Gasteiger partial charge on any atom is -0.506 e. The number of halogens is 1. The highest BCUT2D eigenvalue weighted by atomic mass is 79.9. The van der Waals surface area contributed by atoms with Crippen LogP contribution in [0.5, 0.6) is 46.0 Å². The summed E-state index contributed by atoms with van der Waals surface area (Å²) in [6.45, 7) is 0. The van der Waals surface area contributed by atoms with Crippen molar-refractivity contribution in [1.29, 1.82) is 0 Å². The molecule has 0 fully saturated rings. The molecule has 134 heavy (non-hydrogen) atoms. The average Bonchev–Trinajstić information content (AvgIpc) is 0.645. The van der Waals surface area contributed by atoms with Gasteiger partial charge in [0, 0.05) is 30.3 Å². The Morgan fingerprint density at radius 2 is 0.381 bits per heavy atom. The van der Waals surface area contributed by atoms with Crippen LogP contribution in [0.2, 0.25) is 0 Å². The number of hydrogen-bond acceptors (Lipinski definition) is 19. The molecule has 0 aliphatic heterocycles. The van der Waals surface area contributed by atoms with Crippen molar-refractivity contribution in [3.05, 3.63) is 402 Å². The quantitative estimate of drug-likeness (QED) is 0.0186. The fraction of sp³-hybridized carbons (Fsp3) is 0.0459. The van der Waals surface area contributed by atoms with Crippen LogP contribution in [0.25, 0.3) is 175 Å². The summed E-state index contributed by atoms with van der Waals surface area (Å²) in [6, 6.07) is 108. The van der Waals surface area contributed by atoms with Crippen molar-refractivity contribution in [2.75, 3.05) is 34.2 Å². The first-order chi connectivity index (χ1) is 64.1. The zero-order valence-electron chi connectivity index (χ0n) is 71.2. The monoisotopic (exact) mass is 1840 g/mol. The van der Waals surface area contributed by atoms with E-state index in [4.69, 9.17) is 24.7 Å². The van der Waals surface area contributed by atoms with Crippen LogP contribution in [0, 0.1) is 50.6 Å². The average molecular weight is 1840 g/mol. The van der Waals surface area contributed by atoms with Crippen LogP contribution in [0.4, 0.5) is 34.1 Å². The molecule has 25 heteroatoms. The van der Waals surface area contributed by atoms with Crippen LogP contribution in [-0.4, -0.2) is 73.5 Å². The number of nitrogens with two attached hydrogens (primary N) is 1. The zero-order valence-corrected chi connectivity index (χ0v) is 72.9. The molecule has 0 atom stereocenters. The number of nitrogen functional groups attached to an aromatic ring is 1. The van der Waals surface area contributed by atoms with Gasteiger partial charge in [-0.05, 0) is 242 Å². The number of nitrogens with zero attached hydrogens (tertiary/aromatic N) is 5. The molecule has 0 aliphatic carbocycles. The zero-order chi connectivity index (χ0) is 92.3. The lowest BCUT2D eigenvalue weighted by Crippen LogP contribution is -1.96. The third kappa shape index (κ3) is 17.1. The molecule has 0 spiro atoms. The van der Waals surface area contributed by atoms with Gasteiger partial charge in [0.05, 0.1) is 58.7 Å². The number of methoxy groups -OCH3 is 4. The molecule has 0 aliphatic rings. The van der Waals surface area contributed by atoms with E-state index in [-0.39, 0.29) is 70.2 Å². The molecule has 0 bridgehead atoms. The number of rotatable bonds is 17. The molecule has 662 valence electrons. The van der Waals surface area contributed by atoms with Gasteiger partial charge in [0.15, 0.2) is 28.7 Å². The van der Waals surface area contributed by atoms with Crippen molar-refractivity contribution < 1.29 is 64.0 Å². The van der Waals surface area contributed by atoms with Gasteiger partial charge < -0.3 is 45.1 Å².